The van der Waals surface area contributed by atoms with E-state index in [0.717, 1.165) is 164 Å². The van der Waals surface area contributed by atoms with Crippen LogP contribution >= 0.6 is 0 Å². The molecule has 6 saturated carbocycles. The van der Waals surface area contributed by atoms with Crippen molar-refractivity contribution >= 4 is 23.6 Å². The molecular formula is C68H120N8O4. The first-order valence-corrected chi connectivity index (χ1v) is 33.5. The number of hydrogen-bond acceptors (Lipinski definition) is 8. The minimum absolute atomic E-state index is 0.00582. The molecule has 12 heteroatoms. The summed E-state index contributed by atoms with van der Waals surface area (Å²) in [5.74, 6) is 8.44. The Morgan fingerprint density at radius 1 is 0.425 bits per heavy atom. The largest absolute Gasteiger partial charge is 0.341 e. The van der Waals surface area contributed by atoms with Crippen LogP contribution in [0.3, 0.4) is 0 Å². The van der Waals surface area contributed by atoms with Gasteiger partial charge in [0, 0.05) is 51.4 Å². The maximum Gasteiger partial charge on any atom is 0.239 e. The van der Waals surface area contributed by atoms with Crippen molar-refractivity contribution in [3.63, 3.8) is 0 Å². The lowest BCUT2D eigenvalue weighted by molar-refractivity contribution is -0.136. The van der Waals surface area contributed by atoms with Crippen LogP contribution in [0.2, 0.25) is 0 Å². The van der Waals surface area contributed by atoms with Crippen LogP contribution in [0.5, 0.6) is 0 Å². The number of rotatable bonds is 10. The quantitative estimate of drug-likeness (QED) is 0.159. The first-order valence-electron chi connectivity index (χ1n) is 33.5. The molecule has 4 saturated heterocycles. The predicted octanol–water partition coefficient (Wildman–Crippen LogP) is 11.2. The van der Waals surface area contributed by atoms with E-state index in [2.05, 4.69) is 108 Å². The number of likely N-dealkylation sites (tertiary alicyclic amines) is 4. The molecule has 4 aliphatic heterocycles. The van der Waals surface area contributed by atoms with Gasteiger partial charge in [0.05, 0.1) is 24.2 Å². The molecule has 0 spiro atoms. The third kappa shape index (κ3) is 16.7. The number of carbonyl (C=O) groups is 4. The van der Waals surface area contributed by atoms with E-state index in [0.29, 0.717) is 35.7 Å². The molecule has 11 rings (SSSR count). The van der Waals surface area contributed by atoms with E-state index in [4.69, 9.17) is 0 Å². The molecule has 12 nitrogen and oxygen atoms in total. The third-order valence-corrected chi connectivity index (χ3v) is 23.1. The Hall–Kier alpha value is -2.54. The van der Waals surface area contributed by atoms with E-state index in [1.807, 2.05) is 28.2 Å². The SMILES string of the molecule is CNC1CC(C)(C)CCN(C2CC3CCCC2C3)C1=O.CNC1CC(C)(C)CCN(C2CCC=CCC2)C1=O.CNC1CC(C)(C)CCN(CC2CC3CCC(C3)C2)C1=O.CNC1CC(C)(C)CCN(CC2CC3CCC2C3)C1=O. The minimum Gasteiger partial charge on any atom is -0.341 e. The third-order valence-electron chi connectivity index (χ3n) is 23.1. The lowest BCUT2D eigenvalue weighted by atomic mass is 9.80. The molecular weight excluding hydrogens is 993 g/mol. The highest BCUT2D eigenvalue weighted by atomic mass is 16.2. The standard InChI is InChI=1S/C18H32N2O.2C17H30N2O.C16H28N2O/c1-18(2)6-7-20(17(21)16(11-18)19-3)12-15-9-13-4-5-14(8-13)10-15;1-17(2)6-7-19(16(20)15(10-17)18-3)11-14-9-12-4-5-13(14)8-12;1-17(2)7-8-19(16(20)14(11-17)18-3)15-10-12-5-4-6-13(15)9-12;1-16(2)10-11-18(15(19)14(12-16)17-3)13-8-6-4-5-7-9-13/h13-16,19H,4-12H2,1-3H3;2*12-15,18H,4-11H2,1-3H3;4-5,13-14,17H,6-12H2,1-3H3. The van der Waals surface area contributed by atoms with E-state index in [-0.39, 0.29) is 45.8 Å². The fourth-order valence-electron chi connectivity index (χ4n) is 18.0. The Kier molecular flexibility index (Phi) is 21.9. The van der Waals surface area contributed by atoms with Crippen molar-refractivity contribution in [3.8, 4) is 0 Å². The van der Waals surface area contributed by atoms with E-state index in [1.165, 1.54) is 89.9 Å². The van der Waals surface area contributed by atoms with E-state index >= 15 is 0 Å². The lowest BCUT2D eigenvalue weighted by Gasteiger charge is -2.34. The van der Waals surface area contributed by atoms with Gasteiger partial charge < -0.3 is 40.9 Å². The molecule has 4 N–H and O–H groups in total. The molecule has 12 unspecified atom stereocenters. The Morgan fingerprint density at radius 2 is 0.850 bits per heavy atom. The second kappa shape index (κ2) is 27.7. The fourth-order valence-corrected chi connectivity index (χ4v) is 18.0. The maximum atomic E-state index is 12.9. The molecule has 0 radical (unpaired) electrons. The van der Waals surface area contributed by atoms with Crippen LogP contribution in [-0.2, 0) is 19.2 Å². The zero-order chi connectivity index (χ0) is 57.6. The first-order chi connectivity index (χ1) is 38.0. The summed E-state index contributed by atoms with van der Waals surface area (Å²) in [5.41, 5.74) is 1.06. The average molecular weight is 1110 g/mol. The van der Waals surface area contributed by atoms with Crippen molar-refractivity contribution in [3.05, 3.63) is 12.2 Å². The molecule has 4 heterocycles. The number of hydrogen-bond donors (Lipinski definition) is 4. The van der Waals surface area contributed by atoms with Gasteiger partial charge in [-0.2, -0.15) is 0 Å². The van der Waals surface area contributed by atoms with Crippen LogP contribution in [0.25, 0.3) is 0 Å². The van der Waals surface area contributed by atoms with Gasteiger partial charge in [-0.25, -0.2) is 0 Å². The van der Waals surface area contributed by atoms with Crippen LogP contribution in [0.15, 0.2) is 12.2 Å². The lowest BCUT2D eigenvalue weighted by Crippen LogP contribution is -2.49. The monoisotopic (exact) mass is 1110 g/mol. The second-order valence-electron chi connectivity index (χ2n) is 31.7. The summed E-state index contributed by atoms with van der Waals surface area (Å²) >= 11 is 0. The first kappa shape index (κ1) is 63.5. The number of nitrogens with zero attached hydrogens (tertiary/aromatic N) is 4. The van der Waals surface area contributed by atoms with Crippen LogP contribution in [0, 0.1) is 69.0 Å². The molecule has 0 aromatic rings. The van der Waals surface area contributed by atoms with Gasteiger partial charge in [0.2, 0.25) is 23.6 Å². The highest BCUT2D eigenvalue weighted by Crippen LogP contribution is 2.50. The molecule has 80 heavy (non-hydrogen) atoms. The number of carbonyl (C=O) groups excluding carboxylic acids is 4. The van der Waals surface area contributed by atoms with Gasteiger partial charge in [-0.1, -0.05) is 99.6 Å². The van der Waals surface area contributed by atoms with Crippen molar-refractivity contribution in [2.24, 2.45) is 69.0 Å². The molecule has 4 amide bonds. The zero-order valence-electron chi connectivity index (χ0n) is 53.3. The smallest absolute Gasteiger partial charge is 0.239 e. The van der Waals surface area contributed by atoms with Crippen molar-refractivity contribution in [1.29, 1.82) is 0 Å². The van der Waals surface area contributed by atoms with Gasteiger partial charge in [-0.05, 0) is 232 Å². The fraction of sp³-hybridized carbons (Fsp3) is 0.912. The number of allylic oxidation sites excluding steroid dienone is 2. The van der Waals surface area contributed by atoms with E-state index < -0.39 is 0 Å². The number of likely N-dealkylation sites (N-methyl/N-ethyl adjacent to an activating group) is 4. The maximum absolute atomic E-state index is 12.9. The summed E-state index contributed by atoms with van der Waals surface area (Å²) in [7, 11) is 7.72. The van der Waals surface area contributed by atoms with Gasteiger partial charge in [0.15, 0.2) is 0 Å². The predicted molar refractivity (Wildman–Crippen MR) is 328 cm³/mol. The highest BCUT2D eigenvalue weighted by molar-refractivity contribution is 5.84. The van der Waals surface area contributed by atoms with E-state index in [9.17, 15) is 19.2 Å². The van der Waals surface area contributed by atoms with Crippen molar-refractivity contribution in [2.45, 2.75) is 259 Å². The Balaban J connectivity index is 0.000000140. The Morgan fingerprint density at radius 3 is 1.32 bits per heavy atom. The van der Waals surface area contributed by atoms with Crippen molar-refractivity contribution < 1.29 is 19.2 Å². The Bertz CT molecular complexity index is 2050. The molecule has 6 bridgehead atoms. The number of amides is 4. The van der Waals surface area contributed by atoms with Crippen molar-refractivity contribution in [2.75, 3.05) is 67.5 Å². The molecule has 0 aromatic carbocycles. The van der Waals surface area contributed by atoms with Gasteiger partial charge in [-0.15, -0.1) is 0 Å². The summed E-state index contributed by atoms with van der Waals surface area (Å²) in [6, 6.07) is 1.03. The van der Waals surface area contributed by atoms with Crippen LogP contribution in [0.1, 0.15) is 222 Å². The zero-order valence-corrected chi connectivity index (χ0v) is 53.3. The summed E-state index contributed by atoms with van der Waals surface area (Å²) in [6.45, 7) is 24.2. The van der Waals surface area contributed by atoms with Gasteiger partial charge in [0.1, 0.15) is 0 Å². The van der Waals surface area contributed by atoms with Gasteiger partial charge in [0.25, 0.3) is 0 Å². The molecule has 12 atom stereocenters. The molecule has 456 valence electrons. The van der Waals surface area contributed by atoms with Crippen LogP contribution in [0.4, 0.5) is 0 Å². The minimum atomic E-state index is -0.00582. The highest BCUT2D eigenvalue weighted by Gasteiger charge is 2.46. The van der Waals surface area contributed by atoms with Crippen LogP contribution < -0.4 is 21.3 Å². The second-order valence-corrected chi connectivity index (χ2v) is 31.7. The van der Waals surface area contributed by atoms with Gasteiger partial charge >= 0.3 is 0 Å². The Labute approximate surface area is 488 Å². The normalized spacial score (nSPS) is 37.5. The summed E-state index contributed by atoms with van der Waals surface area (Å²) < 4.78 is 0. The van der Waals surface area contributed by atoms with Crippen molar-refractivity contribution in [1.82, 2.24) is 40.9 Å². The average Bonchev–Trinajstić information content (AvgIpc) is 4.15. The molecule has 11 aliphatic rings. The summed E-state index contributed by atoms with van der Waals surface area (Å²) in [4.78, 5) is 59.9. The topological polar surface area (TPSA) is 129 Å². The van der Waals surface area contributed by atoms with Crippen LogP contribution in [-0.4, -0.2) is 147 Å². The van der Waals surface area contributed by atoms with E-state index in [1.54, 1.807) is 0 Å². The molecule has 7 aliphatic carbocycles. The molecule has 10 fully saturated rings. The van der Waals surface area contributed by atoms with Gasteiger partial charge in [-0.3, -0.25) is 19.2 Å². The summed E-state index contributed by atoms with van der Waals surface area (Å²) in [5, 5.41) is 13.0. The number of fused-ring (bicyclic) bond motifs is 6. The molecule has 0 aromatic heterocycles. The summed E-state index contributed by atoms with van der Waals surface area (Å²) in [6.07, 6.45) is 36.9. The number of nitrogens with one attached hydrogen (secondary N) is 4.